The number of hydrogen-bond acceptors (Lipinski definition) is 3. The van der Waals surface area contributed by atoms with E-state index in [4.69, 9.17) is 5.73 Å². The first kappa shape index (κ1) is 11.5. The summed E-state index contributed by atoms with van der Waals surface area (Å²) in [5, 5.41) is 3.94. The van der Waals surface area contributed by atoms with Crippen molar-refractivity contribution in [3.05, 3.63) is 53.6 Å². The van der Waals surface area contributed by atoms with Gasteiger partial charge in [0.05, 0.1) is 12.2 Å². The van der Waals surface area contributed by atoms with Gasteiger partial charge in [-0.05, 0) is 12.1 Å². The van der Waals surface area contributed by atoms with Gasteiger partial charge in [0.25, 0.3) is 0 Å². The minimum atomic E-state index is -0.814. The van der Waals surface area contributed by atoms with Crippen LogP contribution in [0.25, 0.3) is 0 Å². The number of nitrogens with zero attached hydrogens (tertiary/aromatic N) is 2. The van der Waals surface area contributed by atoms with Gasteiger partial charge in [-0.3, -0.25) is 9.48 Å². The van der Waals surface area contributed by atoms with Crippen molar-refractivity contribution < 1.29 is 9.18 Å². The zero-order valence-corrected chi connectivity index (χ0v) is 9.30. The fourth-order valence-electron chi connectivity index (χ4n) is 1.57. The Hall–Kier alpha value is -2.01. The Morgan fingerprint density at radius 2 is 2.29 bits per heavy atom. The first-order chi connectivity index (χ1) is 8.08. The molecule has 1 aromatic heterocycles. The molecule has 2 rings (SSSR count). The molecule has 0 amide bonds. The zero-order chi connectivity index (χ0) is 12.4. The van der Waals surface area contributed by atoms with E-state index in [2.05, 4.69) is 5.10 Å². The molecule has 0 saturated heterocycles. The number of aryl methyl sites for hydroxylation is 1. The molecule has 17 heavy (non-hydrogen) atoms. The highest BCUT2D eigenvalue weighted by Gasteiger charge is 2.19. The van der Waals surface area contributed by atoms with E-state index in [1.54, 1.807) is 24.0 Å². The molecule has 5 heteroatoms. The standard InChI is InChI=1S/C12H12FN3O/c1-16-7-9(6-15-16)11(14)12(17)8-3-2-4-10(13)5-8/h2-7,11H,14H2,1H3. The second kappa shape index (κ2) is 4.47. The maximum absolute atomic E-state index is 13.0. The predicted octanol–water partition coefficient (Wildman–Crippen LogP) is 1.44. The van der Waals surface area contributed by atoms with E-state index < -0.39 is 11.9 Å². The van der Waals surface area contributed by atoms with Crippen LogP contribution < -0.4 is 5.73 Å². The topological polar surface area (TPSA) is 60.9 Å². The summed E-state index contributed by atoms with van der Waals surface area (Å²) in [7, 11) is 1.74. The van der Waals surface area contributed by atoms with Crippen LogP contribution in [0.5, 0.6) is 0 Å². The number of nitrogens with two attached hydrogens (primary N) is 1. The lowest BCUT2D eigenvalue weighted by atomic mass is 10.0. The maximum Gasteiger partial charge on any atom is 0.184 e. The molecular formula is C12H12FN3O. The molecule has 1 unspecified atom stereocenters. The summed E-state index contributed by atoms with van der Waals surface area (Å²) in [4.78, 5) is 12.0. The van der Waals surface area contributed by atoms with Crippen LogP contribution in [0.4, 0.5) is 4.39 Å². The summed E-state index contributed by atoms with van der Waals surface area (Å²) < 4.78 is 14.6. The third-order valence-electron chi connectivity index (χ3n) is 2.48. The highest BCUT2D eigenvalue weighted by atomic mass is 19.1. The number of benzene rings is 1. The van der Waals surface area contributed by atoms with Crippen molar-refractivity contribution in [2.75, 3.05) is 0 Å². The molecule has 1 atom stereocenters. The smallest absolute Gasteiger partial charge is 0.184 e. The van der Waals surface area contributed by atoms with Crippen molar-refractivity contribution >= 4 is 5.78 Å². The molecule has 2 aromatic rings. The van der Waals surface area contributed by atoms with Crippen molar-refractivity contribution in [3.63, 3.8) is 0 Å². The molecule has 0 spiro atoms. The molecule has 0 bridgehead atoms. The molecule has 4 nitrogen and oxygen atoms in total. The summed E-state index contributed by atoms with van der Waals surface area (Å²) in [5.41, 5.74) is 6.69. The van der Waals surface area contributed by atoms with Crippen LogP contribution in [0.2, 0.25) is 0 Å². The minimum Gasteiger partial charge on any atom is -0.317 e. The molecule has 0 aliphatic heterocycles. The molecule has 2 N–H and O–H groups in total. The van der Waals surface area contributed by atoms with Crippen molar-refractivity contribution in [1.82, 2.24) is 9.78 Å². The molecule has 88 valence electrons. The SMILES string of the molecule is Cn1cc(C(N)C(=O)c2cccc(F)c2)cn1. The van der Waals surface area contributed by atoms with Crippen LogP contribution in [-0.4, -0.2) is 15.6 Å². The Kier molecular flexibility index (Phi) is 3.01. The summed E-state index contributed by atoms with van der Waals surface area (Å²) in [6.45, 7) is 0. The van der Waals surface area contributed by atoms with E-state index in [0.717, 1.165) is 0 Å². The van der Waals surface area contributed by atoms with Crippen molar-refractivity contribution in [1.29, 1.82) is 0 Å². The second-order valence-electron chi connectivity index (χ2n) is 3.80. The molecule has 1 heterocycles. The maximum atomic E-state index is 13.0. The normalized spacial score (nSPS) is 12.4. The van der Waals surface area contributed by atoms with Gasteiger partial charge in [0.1, 0.15) is 5.82 Å². The molecule has 0 aliphatic carbocycles. The lowest BCUT2D eigenvalue weighted by Crippen LogP contribution is -2.21. The van der Waals surface area contributed by atoms with E-state index >= 15 is 0 Å². The third-order valence-corrected chi connectivity index (χ3v) is 2.48. The fourth-order valence-corrected chi connectivity index (χ4v) is 1.57. The van der Waals surface area contributed by atoms with Gasteiger partial charge in [0, 0.05) is 24.4 Å². The predicted molar refractivity (Wildman–Crippen MR) is 60.9 cm³/mol. The Morgan fingerprint density at radius 3 is 2.88 bits per heavy atom. The number of hydrogen-bond donors (Lipinski definition) is 1. The fraction of sp³-hybridized carbons (Fsp3) is 0.167. The Balaban J connectivity index is 2.26. The first-order valence-electron chi connectivity index (χ1n) is 5.12. The minimum absolute atomic E-state index is 0.265. The molecule has 0 fully saturated rings. The lowest BCUT2D eigenvalue weighted by molar-refractivity contribution is 0.0961. The highest BCUT2D eigenvalue weighted by Crippen LogP contribution is 2.16. The zero-order valence-electron chi connectivity index (χ0n) is 9.30. The van der Waals surface area contributed by atoms with Gasteiger partial charge in [-0.1, -0.05) is 12.1 Å². The van der Waals surface area contributed by atoms with Crippen LogP contribution in [0.3, 0.4) is 0 Å². The molecular weight excluding hydrogens is 221 g/mol. The number of Topliss-reactive ketones (excluding diaryl/α,β-unsaturated/α-hetero) is 1. The van der Waals surface area contributed by atoms with Gasteiger partial charge in [-0.15, -0.1) is 0 Å². The van der Waals surface area contributed by atoms with Gasteiger partial charge < -0.3 is 5.73 Å². The lowest BCUT2D eigenvalue weighted by Gasteiger charge is -2.08. The van der Waals surface area contributed by atoms with Crippen molar-refractivity contribution in [2.24, 2.45) is 12.8 Å². The van der Waals surface area contributed by atoms with Crippen LogP contribution in [0, 0.1) is 5.82 Å². The van der Waals surface area contributed by atoms with Crippen LogP contribution >= 0.6 is 0 Å². The van der Waals surface area contributed by atoms with Crippen molar-refractivity contribution in [2.45, 2.75) is 6.04 Å². The van der Waals surface area contributed by atoms with Crippen LogP contribution in [0.1, 0.15) is 22.0 Å². The largest absolute Gasteiger partial charge is 0.317 e. The number of ketones is 1. The molecule has 0 radical (unpaired) electrons. The van der Waals surface area contributed by atoms with Crippen LogP contribution in [0.15, 0.2) is 36.7 Å². The highest BCUT2D eigenvalue weighted by molar-refractivity contribution is 6.00. The quantitative estimate of drug-likeness (QED) is 0.816. The van der Waals surface area contributed by atoms with E-state index in [1.807, 2.05) is 0 Å². The van der Waals surface area contributed by atoms with Gasteiger partial charge >= 0.3 is 0 Å². The summed E-state index contributed by atoms with van der Waals surface area (Å²) >= 11 is 0. The molecule has 0 saturated carbocycles. The van der Waals surface area contributed by atoms with E-state index in [9.17, 15) is 9.18 Å². The second-order valence-corrected chi connectivity index (χ2v) is 3.80. The summed E-state index contributed by atoms with van der Waals surface area (Å²) in [5.74, 6) is -0.772. The summed E-state index contributed by atoms with van der Waals surface area (Å²) in [6, 6.07) is 4.68. The number of rotatable bonds is 3. The summed E-state index contributed by atoms with van der Waals surface area (Å²) in [6.07, 6.45) is 3.20. The average molecular weight is 233 g/mol. The van der Waals surface area contributed by atoms with E-state index in [1.165, 1.54) is 24.4 Å². The van der Waals surface area contributed by atoms with Gasteiger partial charge in [0.15, 0.2) is 5.78 Å². The molecule has 0 aliphatic rings. The Bertz CT molecular complexity index is 550. The monoisotopic (exact) mass is 233 g/mol. The van der Waals surface area contributed by atoms with Gasteiger partial charge in [-0.2, -0.15) is 5.10 Å². The number of carbonyl (C=O) groups is 1. The van der Waals surface area contributed by atoms with Crippen molar-refractivity contribution in [3.8, 4) is 0 Å². The Labute approximate surface area is 97.9 Å². The Morgan fingerprint density at radius 1 is 1.53 bits per heavy atom. The molecule has 1 aromatic carbocycles. The average Bonchev–Trinajstić information content (AvgIpc) is 2.74. The number of carbonyl (C=O) groups excluding carboxylic acids is 1. The van der Waals surface area contributed by atoms with Gasteiger partial charge in [-0.25, -0.2) is 4.39 Å². The van der Waals surface area contributed by atoms with E-state index in [-0.39, 0.29) is 11.3 Å². The third kappa shape index (κ3) is 2.39. The number of aromatic nitrogens is 2. The first-order valence-corrected chi connectivity index (χ1v) is 5.12. The van der Waals surface area contributed by atoms with E-state index in [0.29, 0.717) is 5.56 Å². The van der Waals surface area contributed by atoms with Gasteiger partial charge in [0.2, 0.25) is 0 Å². The van der Waals surface area contributed by atoms with Crippen LogP contribution in [-0.2, 0) is 7.05 Å². The number of halogens is 1.